The van der Waals surface area contributed by atoms with Crippen LogP contribution in [0.3, 0.4) is 0 Å². The highest BCUT2D eigenvalue weighted by atomic mass is 79.9. The van der Waals surface area contributed by atoms with Crippen molar-refractivity contribution in [3.8, 4) is 0 Å². The molecule has 2 heterocycles. The Morgan fingerprint density at radius 1 is 1.03 bits per heavy atom. The van der Waals surface area contributed by atoms with Crippen LogP contribution < -0.4 is 0 Å². The average molecular weight is 515 g/mol. The number of aliphatic hydroxyl groups is 1. The van der Waals surface area contributed by atoms with Crippen molar-refractivity contribution in [2.24, 2.45) is 0 Å². The number of benzene rings is 3. The number of Topliss-reactive ketones (excluding diaryl/α,β-unsaturated/α-hetero) is 1. The third-order valence-electron chi connectivity index (χ3n) is 6.33. The summed E-state index contributed by atoms with van der Waals surface area (Å²) in [5.41, 5.74) is 4.54. The van der Waals surface area contributed by atoms with Gasteiger partial charge in [0.25, 0.3) is 11.7 Å². The van der Waals surface area contributed by atoms with Gasteiger partial charge in [-0.2, -0.15) is 0 Å². The van der Waals surface area contributed by atoms with E-state index in [0.29, 0.717) is 18.5 Å². The monoisotopic (exact) mass is 514 g/mol. The fourth-order valence-corrected chi connectivity index (χ4v) is 5.00. The van der Waals surface area contributed by atoms with E-state index in [1.54, 1.807) is 17.0 Å². The van der Waals surface area contributed by atoms with Crippen molar-refractivity contribution in [1.82, 2.24) is 9.88 Å². The normalized spacial score (nSPS) is 17.6. The number of rotatable bonds is 5. The summed E-state index contributed by atoms with van der Waals surface area (Å²) in [6, 6.07) is 22.1. The van der Waals surface area contributed by atoms with Crippen LogP contribution in [0.5, 0.6) is 0 Å². The van der Waals surface area contributed by atoms with Crippen LogP contribution >= 0.6 is 15.9 Å². The van der Waals surface area contributed by atoms with Gasteiger partial charge in [0.05, 0.1) is 11.6 Å². The lowest BCUT2D eigenvalue weighted by atomic mass is 9.95. The lowest BCUT2D eigenvalue weighted by molar-refractivity contribution is -0.139. The van der Waals surface area contributed by atoms with Gasteiger partial charge in [0.1, 0.15) is 5.76 Å². The number of aryl methyl sites for hydroxylation is 1. The van der Waals surface area contributed by atoms with E-state index in [4.69, 9.17) is 0 Å². The van der Waals surface area contributed by atoms with Crippen molar-refractivity contribution in [1.29, 1.82) is 0 Å². The van der Waals surface area contributed by atoms with Crippen LogP contribution in [0.25, 0.3) is 16.7 Å². The number of hydrogen-bond acceptors (Lipinski definition) is 3. The first kappa shape index (κ1) is 22.2. The van der Waals surface area contributed by atoms with Gasteiger partial charge < -0.3 is 15.0 Å². The molecule has 0 spiro atoms. The van der Waals surface area contributed by atoms with E-state index in [0.717, 1.165) is 32.1 Å². The van der Waals surface area contributed by atoms with Gasteiger partial charge in [0.2, 0.25) is 0 Å². The SMILES string of the molecule is Cc1ccc(C(O)=C2C(=O)C(=O)N(CCc3c[nH]c4ccccc34)[C@H]2c2cccc(Br)c2)cc1. The van der Waals surface area contributed by atoms with Gasteiger partial charge in [0.15, 0.2) is 0 Å². The maximum atomic E-state index is 13.2. The number of nitrogens with one attached hydrogen (secondary N) is 1. The van der Waals surface area contributed by atoms with E-state index in [1.165, 1.54) is 0 Å². The minimum Gasteiger partial charge on any atom is -0.507 e. The Hall–Kier alpha value is -3.64. The molecule has 0 aliphatic carbocycles. The van der Waals surface area contributed by atoms with Gasteiger partial charge in [-0.1, -0.05) is 76.1 Å². The number of hydrogen-bond donors (Lipinski definition) is 2. The van der Waals surface area contributed by atoms with Crippen molar-refractivity contribution in [3.63, 3.8) is 0 Å². The van der Waals surface area contributed by atoms with Crippen molar-refractivity contribution in [2.45, 2.75) is 19.4 Å². The number of para-hydroxylation sites is 1. The fourth-order valence-electron chi connectivity index (χ4n) is 4.58. The van der Waals surface area contributed by atoms with Crippen LogP contribution in [0.4, 0.5) is 0 Å². The molecule has 0 bridgehead atoms. The van der Waals surface area contributed by atoms with Crippen molar-refractivity contribution in [3.05, 3.63) is 111 Å². The standard InChI is InChI=1S/C28H23BrN2O3/c1-17-9-11-18(12-10-17)26(32)24-25(19-5-4-6-21(29)15-19)31(28(34)27(24)33)14-13-20-16-30-23-8-3-2-7-22(20)23/h2-12,15-16,25,30,32H,13-14H2,1H3/t25-/m0/s1. The number of carbonyl (C=O) groups is 2. The number of likely N-dealkylation sites (tertiary alicyclic amines) is 1. The van der Waals surface area contributed by atoms with Gasteiger partial charge in [0, 0.05) is 33.7 Å². The van der Waals surface area contributed by atoms with Crippen LogP contribution in [0, 0.1) is 6.92 Å². The molecule has 0 saturated carbocycles. The number of aliphatic hydroxyl groups excluding tert-OH is 1. The van der Waals surface area contributed by atoms with Crippen molar-refractivity contribution >= 4 is 44.3 Å². The predicted octanol–water partition coefficient (Wildman–Crippen LogP) is 5.90. The summed E-state index contributed by atoms with van der Waals surface area (Å²) in [5.74, 6) is -1.42. The van der Waals surface area contributed by atoms with Crippen LogP contribution in [-0.4, -0.2) is 33.2 Å². The highest BCUT2D eigenvalue weighted by Gasteiger charge is 2.45. The first-order valence-corrected chi connectivity index (χ1v) is 11.9. The summed E-state index contributed by atoms with van der Waals surface area (Å²) in [4.78, 5) is 31.3. The van der Waals surface area contributed by atoms with Crippen molar-refractivity contribution in [2.75, 3.05) is 6.54 Å². The van der Waals surface area contributed by atoms with Crippen LogP contribution in [-0.2, 0) is 16.0 Å². The van der Waals surface area contributed by atoms with Gasteiger partial charge in [-0.3, -0.25) is 9.59 Å². The third kappa shape index (κ3) is 3.94. The largest absolute Gasteiger partial charge is 0.507 e. The number of H-pyrrole nitrogens is 1. The Labute approximate surface area is 205 Å². The Kier molecular flexibility index (Phi) is 5.84. The molecule has 1 aliphatic rings. The Morgan fingerprint density at radius 3 is 2.56 bits per heavy atom. The molecule has 170 valence electrons. The molecule has 1 fully saturated rings. The molecule has 1 atom stereocenters. The summed E-state index contributed by atoms with van der Waals surface area (Å²) >= 11 is 3.50. The molecule has 2 N–H and O–H groups in total. The molecule has 34 heavy (non-hydrogen) atoms. The predicted molar refractivity (Wildman–Crippen MR) is 136 cm³/mol. The van der Waals surface area contributed by atoms with E-state index >= 15 is 0 Å². The molecule has 3 aromatic carbocycles. The van der Waals surface area contributed by atoms with Crippen LogP contribution in [0.15, 0.2) is 89.0 Å². The maximum Gasteiger partial charge on any atom is 0.295 e. The fraction of sp³-hybridized carbons (Fsp3) is 0.143. The molecule has 1 aromatic heterocycles. The topological polar surface area (TPSA) is 73.4 Å². The summed E-state index contributed by atoms with van der Waals surface area (Å²) in [6.45, 7) is 2.29. The Morgan fingerprint density at radius 2 is 1.79 bits per heavy atom. The number of fused-ring (bicyclic) bond motifs is 1. The summed E-state index contributed by atoms with van der Waals surface area (Å²) < 4.78 is 0.836. The van der Waals surface area contributed by atoms with E-state index < -0.39 is 17.7 Å². The number of halogens is 1. The molecule has 0 radical (unpaired) electrons. The van der Waals surface area contributed by atoms with Gasteiger partial charge in [-0.25, -0.2) is 0 Å². The molecular weight excluding hydrogens is 492 g/mol. The number of carbonyl (C=O) groups excluding carboxylic acids is 2. The maximum absolute atomic E-state index is 13.2. The Bertz CT molecular complexity index is 1440. The molecule has 5 rings (SSSR count). The zero-order chi connectivity index (χ0) is 23.8. The average Bonchev–Trinajstić information content (AvgIpc) is 3.36. The number of ketones is 1. The number of aromatic amines is 1. The van der Waals surface area contributed by atoms with E-state index in [1.807, 2.05) is 73.8 Å². The molecule has 1 aliphatic heterocycles. The summed E-state index contributed by atoms with van der Waals surface area (Å²) in [7, 11) is 0. The number of aromatic nitrogens is 1. The Balaban J connectivity index is 1.57. The highest BCUT2D eigenvalue weighted by molar-refractivity contribution is 9.10. The summed E-state index contributed by atoms with van der Waals surface area (Å²) in [6.07, 6.45) is 2.52. The second-order valence-corrected chi connectivity index (χ2v) is 9.44. The van der Waals surface area contributed by atoms with Crippen LogP contribution in [0.1, 0.15) is 28.3 Å². The second kappa shape index (κ2) is 8.95. The highest BCUT2D eigenvalue weighted by Crippen LogP contribution is 2.40. The molecule has 5 nitrogen and oxygen atoms in total. The van der Waals surface area contributed by atoms with Crippen LogP contribution in [0.2, 0.25) is 0 Å². The van der Waals surface area contributed by atoms with E-state index in [2.05, 4.69) is 20.9 Å². The number of amides is 1. The molecule has 0 unspecified atom stereocenters. The van der Waals surface area contributed by atoms with E-state index in [-0.39, 0.29) is 11.3 Å². The lowest BCUT2D eigenvalue weighted by Gasteiger charge is -2.25. The minimum absolute atomic E-state index is 0.117. The zero-order valence-corrected chi connectivity index (χ0v) is 20.2. The van der Waals surface area contributed by atoms with Crippen molar-refractivity contribution < 1.29 is 14.7 Å². The quantitative estimate of drug-likeness (QED) is 0.197. The third-order valence-corrected chi connectivity index (χ3v) is 6.82. The van der Waals surface area contributed by atoms with Gasteiger partial charge in [-0.05, 0) is 42.7 Å². The number of nitrogens with zero attached hydrogens (tertiary/aromatic N) is 1. The molecule has 4 aromatic rings. The molecule has 1 saturated heterocycles. The molecule has 1 amide bonds. The van der Waals surface area contributed by atoms with Gasteiger partial charge in [-0.15, -0.1) is 0 Å². The van der Waals surface area contributed by atoms with Gasteiger partial charge >= 0.3 is 0 Å². The molecular formula is C28H23BrN2O3. The smallest absolute Gasteiger partial charge is 0.295 e. The molecule has 6 heteroatoms. The first-order chi connectivity index (χ1) is 16.4. The zero-order valence-electron chi connectivity index (χ0n) is 18.6. The first-order valence-electron chi connectivity index (χ1n) is 11.1. The lowest BCUT2D eigenvalue weighted by Crippen LogP contribution is -2.31. The minimum atomic E-state index is -0.677. The second-order valence-electron chi connectivity index (χ2n) is 8.52. The summed E-state index contributed by atoms with van der Waals surface area (Å²) in [5, 5.41) is 12.3. The van der Waals surface area contributed by atoms with E-state index in [9.17, 15) is 14.7 Å².